The molecule has 2 aliphatic heterocycles. The summed E-state index contributed by atoms with van der Waals surface area (Å²) < 4.78 is 0. The van der Waals surface area contributed by atoms with Gasteiger partial charge in [0.15, 0.2) is 0 Å². The molecular weight excluding hydrogens is 421 g/mol. The highest BCUT2D eigenvalue weighted by molar-refractivity contribution is 6.42. The molecule has 0 N–H and O–H groups in total. The van der Waals surface area contributed by atoms with E-state index in [2.05, 4.69) is 9.80 Å². The van der Waals surface area contributed by atoms with E-state index < -0.39 is 6.04 Å². The maximum absolute atomic E-state index is 13.0. The number of imide groups is 1. The number of nitrogens with zero attached hydrogens (tertiary/aromatic N) is 3. The van der Waals surface area contributed by atoms with Crippen LogP contribution in [0.4, 0.5) is 11.4 Å². The maximum Gasteiger partial charge on any atom is 0.251 e. The van der Waals surface area contributed by atoms with Gasteiger partial charge in [-0.25, -0.2) is 4.90 Å². The molecule has 28 heavy (non-hydrogen) atoms. The van der Waals surface area contributed by atoms with E-state index in [0.29, 0.717) is 33.8 Å². The number of benzene rings is 2. The van der Waals surface area contributed by atoms with E-state index in [1.807, 2.05) is 12.1 Å². The Bertz CT molecular complexity index is 929. The number of para-hydroxylation sites is 1. The first-order chi connectivity index (χ1) is 13.5. The highest BCUT2D eigenvalue weighted by Gasteiger charge is 2.43. The van der Waals surface area contributed by atoms with Crippen molar-refractivity contribution in [2.24, 2.45) is 0 Å². The third-order valence-electron chi connectivity index (χ3n) is 5.24. The third kappa shape index (κ3) is 3.60. The number of carbonyl (C=O) groups excluding carboxylic acids is 2. The standard InChI is InChI=1S/C20H18Cl3N3O2/c21-14-6-5-13(11-16(14)23)24-7-9-25(10-8-24)18-12-19(27)26(20(18)28)17-4-2-1-3-15(17)22/h1-6,11,18H,7-10,12H2/t18-/m1/s1. The average molecular weight is 439 g/mol. The van der Waals surface area contributed by atoms with Crippen molar-refractivity contribution in [1.29, 1.82) is 0 Å². The first-order valence-electron chi connectivity index (χ1n) is 9.01. The minimum absolute atomic E-state index is 0.177. The van der Waals surface area contributed by atoms with Crippen molar-refractivity contribution < 1.29 is 9.59 Å². The van der Waals surface area contributed by atoms with Crippen molar-refractivity contribution in [3.05, 3.63) is 57.5 Å². The van der Waals surface area contributed by atoms with E-state index in [4.69, 9.17) is 34.8 Å². The first kappa shape index (κ1) is 19.5. The van der Waals surface area contributed by atoms with Crippen molar-refractivity contribution >= 4 is 58.0 Å². The van der Waals surface area contributed by atoms with Gasteiger partial charge >= 0.3 is 0 Å². The number of hydrogen-bond acceptors (Lipinski definition) is 4. The highest BCUT2D eigenvalue weighted by atomic mass is 35.5. The van der Waals surface area contributed by atoms with Crippen LogP contribution < -0.4 is 9.80 Å². The van der Waals surface area contributed by atoms with E-state index >= 15 is 0 Å². The van der Waals surface area contributed by atoms with Crippen molar-refractivity contribution in [2.45, 2.75) is 12.5 Å². The topological polar surface area (TPSA) is 43.9 Å². The molecule has 2 fully saturated rings. The summed E-state index contributed by atoms with van der Waals surface area (Å²) in [6.45, 7) is 2.84. The molecule has 2 amide bonds. The van der Waals surface area contributed by atoms with Gasteiger partial charge in [0.25, 0.3) is 5.91 Å². The van der Waals surface area contributed by atoms with Crippen LogP contribution in [-0.4, -0.2) is 48.9 Å². The first-order valence-corrected chi connectivity index (χ1v) is 10.1. The van der Waals surface area contributed by atoms with Gasteiger partial charge in [-0.15, -0.1) is 0 Å². The van der Waals surface area contributed by atoms with E-state index in [1.165, 1.54) is 4.90 Å². The second-order valence-electron chi connectivity index (χ2n) is 6.86. The lowest BCUT2D eigenvalue weighted by molar-refractivity contribution is -0.123. The summed E-state index contributed by atoms with van der Waals surface area (Å²) in [4.78, 5) is 31.0. The van der Waals surface area contributed by atoms with Crippen LogP contribution in [0.5, 0.6) is 0 Å². The zero-order valence-electron chi connectivity index (χ0n) is 14.9. The van der Waals surface area contributed by atoms with Crippen molar-refractivity contribution in [3.63, 3.8) is 0 Å². The Morgan fingerprint density at radius 3 is 2.21 bits per heavy atom. The molecule has 0 aliphatic carbocycles. The van der Waals surface area contributed by atoms with Crippen LogP contribution in [0.15, 0.2) is 42.5 Å². The maximum atomic E-state index is 13.0. The summed E-state index contributed by atoms with van der Waals surface area (Å²) >= 11 is 18.3. The Labute approximate surface area is 178 Å². The summed E-state index contributed by atoms with van der Waals surface area (Å²) in [5, 5.41) is 1.45. The van der Waals surface area contributed by atoms with E-state index in [-0.39, 0.29) is 18.2 Å². The third-order valence-corrected chi connectivity index (χ3v) is 6.30. The van der Waals surface area contributed by atoms with E-state index in [9.17, 15) is 9.59 Å². The Balaban J connectivity index is 1.45. The van der Waals surface area contributed by atoms with Crippen LogP contribution in [-0.2, 0) is 9.59 Å². The molecule has 2 saturated heterocycles. The van der Waals surface area contributed by atoms with Crippen molar-refractivity contribution in [1.82, 2.24) is 4.90 Å². The zero-order valence-corrected chi connectivity index (χ0v) is 17.2. The zero-order chi connectivity index (χ0) is 19.8. The van der Waals surface area contributed by atoms with Gasteiger partial charge < -0.3 is 4.90 Å². The van der Waals surface area contributed by atoms with Gasteiger partial charge in [0.2, 0.25) is 5.91 Å². The summed E-state index contributed by atoms with van der Waals surface area (Å²) in [6, 6.07) is 12.0. The van der Waals surface area contributed by atoms with Gasteiger partial charge in [-0.05, 0) is 30.3 Å². The molecule has 5 nitrogen and oxygen atoms in total. The van der Waals surface area contributed by atoms with Crippen LogP contribution >= 0.6 is 34.8 Å². The lowest BCUT2D eigenvalue weighted by Gasteiger charge is -2.38. The predicted octanol–water partition coefficient (Wildman–Crippen LogP) is 4.10. The number of piperazine rings is 1. The molecule has 2 aromatic carbocycles. The summed E-state index contributed by atoms with van der Waals surface area (Å²) in [5.41, 5.74) is 1.46. The minimum Gasteiger partial charge on any atom is -0.369 e. The van der Waals surface area contributed by atoms with Gasteiger partial charge in [0, 0.05) is 31.9 Å². The summed E-state index contributed by atoms with van der Waals surface area (Å²) in [5.74, 6) is -0.420. The number of halogens is 3. The monoisotopic (exact) mass is 437 g/mol. The molecule has 0 unspecified atom stereocenters. The fourth-order valence-corrected chi connectivity index (χ4v) is 4.27. The fourth-order valence-electron chi connectivity index (χ4n) is 3.76. The lowest BCUT2D eigenvalue weighted by atomic mass is 10.1. The number of rotatable bonds is 3. The number of hydrogen-bond donors (Lipinski definition) is 0. The molecule has 0 bridgehead atoms. The molecule has 4 rings (SSSR count). The largest absolute Gasteiger partial charge is 0.369 e. The molecule has 2 aromatic rings. The molecular formula is C20H18Cl3N3O2. The average Bonchev–Trinajstić information content (AvgIpc) is 2.99. The Morgan fingerprint density at radius 2 is 1.54 bits per heavy atom. The molecule has 2 aliphatic rings. The fraction of sp³-hybridized carbons (Fsp3) is 0.300. The molecule has 0 saturated carbocycles. The number of amides is 2. The Morgan fingerprint density at radius 1 is 0.821 bits per heavy atom. The second kappa shape index (κ2) is 7.91. The highest BCUT2D eigenvalue weighted by Crippen LogP contribution is 2.32. The van der Waals surface area contributed by atoms with Crippen LogP contribution in [0.3, 0.4) is 0 Å². The van der Waals surface area contributed by atoms with Gasteiger partial charge in [-0.1, -0.05) is 46.9 Å². The molecule has 0 radical (unpaired) electrons. The van der Waals surface area contributed by atoms with E-state index in [0.717, 1.165) is 18.8 Å². The Hall–Kier alpha value is -1.79. The van der Waals surface area contributed by atoms with Gasteiger partial charge in [0.1, 0.15) is 0 Å². The SMILES string of the molecule is O=C1C[C@@H](N2CCN(c3ccc(Cl)c(Cl)c3)CC2)C(=O)N1c1ccccc1Cl. The predicted molar refractivity (Wildman–Crippen MR) is 113 cm³/mol. The van der Waals surface area contributed by atoms with Gasteiger partial charge in [-0.3, -0.25) is 14.5 Å². The van der Waals surface area contributed by atoms with Gasteiger partial charge in [-0.2, -0.15) is 0 Å². The van der Waals surface area contributed by atoms with E-state index in [1.54, 1.807) is 30.3 Å². The molecule has 1 atom stereocenters. The molecule has 0 spiro atoms. The molecule has 0 aromatic heterocycles. The quantitative estimate of drug-likeness (QED) is 0.677. The summed E-state index contributed by atoms with van der Waals surface area (Å²) in [7, 11) is 0. The molecule has 8 heteroatoms. The smallest absolute Gasteiger partial charge is 0.251 e. The minimum atomic E-state index is -0.445. The van der Waals surface area contributed by atoms with Crippen LogP contribution in [0, 0.1) is 0 Å². The number of anilines is 2. The number of carbonyl (C=O) groups is 2. The van der Waals surface area contributed by atoms with Crippen LogP contribution in [0.25, 0.3) is 0 Å². The normalized spacial score (nSPS) is 20.9. The van der Waals surface area contributed by atoms with Crippen LogP contribution in [0.1, 0.15) is 6.42 Å². The summed E-state index contributed by atoms with van der Waals surface area (Å²) in [6.07, 6.45) is 0.177. The van der Waals surface area contributed by atoms with Crippen molar-refractivity contribution in [3.8, 4) is 0 Å². The van der Waals surface area contributed by atoms with Crippen molar-refractivity contribution in [2.75, 3.05) is 36.0 Å². The Kier molecular flexibility index (Phi) is 5.52. The lowest BCUT2D eigenvalue weighted by Crippen LogP contribution is -2.52. The molecule has 146 valence electrons. The van der Waals surface area contributed by atoms with Gasteiger partial charge in [0.05, 0.1) is 33.2 Å². The second-order valence-corrected chi connectivity index (χ2v) is 8.08. The van der Waals surface area contributed by atoms with Crippen LogP contribution in [0.2, 0.25) is 15.1 Å². The molecule has 2 heterocycles.